The molecular weight excluding hydrogens is 552 g/mol. The molecule has 0 bridgehead atoms. The van der Waals surface area contributed by atoms with Gasteiger partial charge in [-0.05, 0) is 57.6 Å². The highest BCUT2D eigenvalue weighted by molar-refractivity contribution is 7.92. The van der Waals surface area contributed by atoms with Crippen molar-refractivity contribution in [3.63, 3.8) is 0 Å². The summed E-state index contributed by atoms with van der Waals surface area (Å²) in [5.74, 6) is -1.13. The molecule has 1 aliphatic rings. The van der Waals surface area contributed by atoms with E-state index in [0.29, 0.717) is 40.3 Å². The highest BCUT2D eigenvalue weighted by Crippen LogP contribution is 2.36. The molecule has 0 aliphatic carbocycles. The molecule has 4 heterocycles. The smallest absolute Gasteiger partial charge is 0.232 e. The van der Waals surface area contributed by atoms with Gasteiger partial charge in [0, 0.05) is 36.6 Å². The van der Waals surface area contributed by atoms with E-state index in [2.05, 4.69) is 26.6 Å². The second-order valence-corrected chi connectivity index (χ2v) is 12.1. The lowest BCUT2D eigenvalue weighted by Crippen LogP contribution is -2.42. The van der Waals surface area contributed by atoms with Gasteiger partial charge in [0.2, 0.25) is 16.0 Å². The van der Waals surface area contributed by atoms with Gasteiger partial charge in [-0.15, -0.1) is 0 Å². The van der Waals surface area contributed by atoms with Crippen LogP contribution in [0.1, 0.15) is 26.2 Å². The van der Waals surface area contributed by atoms with Crippen LogP contribution in [-0.2, 0) is 10.0 Å². The minimum Gasteiger partial charge on any atom is -0.495 e. The van der Waals surface area contributed by atoms with Crippen molar-refractivity contribution in [2.75, 3.05) is 49.7 Å². The lowest BCUT2D eigenvalue weighted by atomic mass is 10.0. The van der Waals surface area contributed by atoms with E-state index in [9.17, 15) is 8.42 Å². The lowest BCUT2D eigenvalue weighted by Gasteiger charge is -2.35. The number of piperidine rings is 1. The zero-order valence-corrected chi connectivity index (χ0v) is 24.3. The first kappa shape index (κ1) is 28.7. The molecule has 0 saturated carbocycles. The van der Waals surface area contributed by atoms with Crippen LogP contribution in [0.4, 0.5) is 20.4 Å². The van der Waals surface area contributed by atoms with E-state index in [0.717, 1.165) is 38.1 Å². The van der Waals surface area contributed by atoms with E-state index < -0.39 is 27.3 Å². The van der Waals surface area contributed by atoms with Crippen LogP contribution in [0, 0.1) is 11.6 Å². The number of methoxy groups -OCH3 is 1. The van der Waals surface area contributed by atoms with E-state index in [1.54, 1.807) is 31.6 Å². The molecular formula is C28H33F2N7O3S. The van der Waals surface area contributed by atoms with Gasteiger partial charge in [0.25, 0.3) is 0 Å². The van der Waals surface area contributed by atoms with Crippen LogP contribution < -0.4 is 14.4 Å². The van der Waals surface area contributed by atoms with E-state index in [-0.39, 0.29) is 17.5 Å². The van der Waals surface area contributed by atoms with E-state index in [1.807, 2.05) is 11.9 Å². The Kier molecular flexibility index (Phi) is 8.09. The monoisotopic (exact) mass is 585 g/mol. The van der Waals surface area contributed by atoms with Gasteiger partial charge in [0.1, 0.15) is 22.8 Å². The number of fused-ring (bicyclic) bond motifs is 1. The third-order valence-corrected chi connectivity index (χ3v) is 8.86. The fourth-order valence-corrected chi connectivity index (χ4v) is 6.25. The Morgan fingerprint density at radius 3 is 2.63 bits per heavy atom. The fraction of sp³-hybridized carbons (Fsp3) is 0.393. The molecule has 1 fully saturated rings. The number of hydrogen-bond donors (Lipinski definition) is 1. The predicted molar refractivity (Wildman–Crippen MR) is 155 cm³/mol. The van der Waals surface area contributed by atoms with Crippen molar-refractivity contribution >= 4 is 32.7 Å². The van der Waals surface area contributed by atoms with Crippen molar-refractivity contribution in [2.45, 2.75) is 32.2 Å². The first-order chi connectivity index (χ1) is 19.6. The average Bonchev–Trinajstić information content (AvgIpc) is 3.33. The first-order valence-electron chi connectivity index (χ1n) is 13.4. The summed E-state index contributed by atoms with van der Waals surface area (Å²) < 4.78 is 64.8. The Balaban J connectivity index is 1.67. The van der Waals surface area contributed by atoms with Crippen LogP contribution in [0.2, 0.25) is 0 Å². The Morgan fingerprint density at radius 1 is 1.17 bits per heavy atom. The SMILES string of the molecule is CCCS(=O)(=O)Nc1ccc(F)c(-n2cc(-c3cncc(OC)c3)c3nc(N(C)C4CCN(C)CC4)ncc32)c1F. The summed E-state index contributed by atoms with van der Waals surface area (Å²) in [5.41, 5.74) is 1.19. The highest BCUT2D eigenvalue weighted by Gasteiger charge is 2.26. The zero-order chi connectivity index (χ0) is 29.3. The van der Waals surface area contributed by atoms with Gasteiger partial charge >= 0.3 is 0 Å². The standard InChI is InChI=1S/C28H33F2N7O3S/c1-5-12-41(38,39)34-23-7-6-22(29)27(25(23)30)37-17-21(18-13-20(40-4)15-31-14-18)26-24(37)16-32-28(33-26)36(3)19-8-10-35(2)11-9-19/h6-7,13-17,19,34H,5,8-12H2,1-4H3. The Labute approximate surface area is 238 Å². The third-order valence-electron chi connectivity index (χ3n) is 7.39. The number of likely N-dealkylation sites (tertiary alicyclic amines) is 1. The van der Waals surface area contributed by atoms with E-state index in [1.165, 1.54) is 17.9 Å². The number of halogens is 2. The Hall–Kier alpha value is -3.84. The molecule has 1 aliphatic heterocycles. The maximum Gasteiger partial charge on any atom is 0.232 e. The van der Waals surface area contributed by atoms with Crippen molar-refractivity contribution in [1.82, 2.24) is 24.4 Å². The number of benzene rings is 1. The molecule has 1 saturated heterocycles. The van der Waals surface area contributed by atoms with Crippen molar-refractivity contribution in [3.05, 3.63) is 54.6 Å². The second kappa shape index (κ2) is 11.6. The minimum atomic E-state index is -3.81. The highest BCUT2D eigenvalue weighted by atomic mass is 32.2. The predicted octanol–water partition coefficient (Wildman–Crippen LogP) is 4.45. The maximum atomic E-state index is 15.9. The normalized spacial score (nSPS) is 14.9. The molecule has 4 aromatic rings. The van der Waals surface area contributed by atoms with Crippen molar-refractivity contribution in [2.24, 2.45) is 0 Å². The summed E-state index contributed by atoms with van der Waals surface area (Å²) in [6.07, 6.45) is 8.53. The van der Waals surface area contributed by atoms with Gasteiger partial charge in [-0.25, -0.2) is 27.2 Å². The van der Waals surface area contributed by atoms with Crippen LogP contribution in [0.25, 0.3) is 27.8 Å². The number of rotatable bonds is 9. The van der Waals surface area contributed by atoms with Gasteiger partial charge in [-0.3, -0.25) is 9.71 Å². The summed E-state index contributed by atoms with van der Waals surface area (Å²) in [7, 11) is 1.76. The topological polar surface area (TPSA) is 105 Å². The number of pyridine rings is 1. The van der Waals surface area contributed by atoms with E-state index >= 15 is 8.78 Å². The Morgan fingerprint density at radius 2 is 1.93 bits per heavy atom. The molecule has 0 spiro atoms. The molecule has 0 atom stereocenters. The maximum absolute atomic E-state index is 15.9. The number of aromatic nitrogens is 4. The number of hydrogen-bond acceptors (Lipinski definition) is 8. The van der Waals surface area contributed by atoms with Crippen LogP contribution >= 0.6 is 0 Å². The summed E-state index contributed by atoms with van der Waals surface area (Å²) in [6.45, 7) is 3.63. The fourth-order valence-electron chi connectivity index (χ4n) is 5.12. The molecule has 1 N–H and O–H groups in total. The molecule has 218 valence electrons. The van der Waals surface area contributed by atoms with Gasteiger partial charge in [-0.1, -0.05) is 6.92 Å². The quantitative estimate of drug-likeness (QED) is 0.307. The molecule has 13 heteroatoms. The van der Waals surface area contributed by atoms with Crippen molar-refractivity contribution in [1.29, 1.82) is 0 Å². The molecule has 10 nitrogen and oxygen atoms in total. The lowest BCUT2D eigenvalue weighted by molar-refractivity contribution is 0.252. The number of sulfonamides is 1. The molecule has 3 aromatic heterocycles. The van der Waals surface area contributed by atoms with Crippen LogP contribution in [0.5, 0.6) is 5.75 Å². The number of anilines is 2. The van der Waals surface area contributed by atoms with Crippen molar-refractivity contribution in [3.8, 4) is 22.6 Å². The second-order valence-electron chi connectivity index (χ2n) is 10.3. The van der Waals surface area contributed by atoms with Gasteiger partial charge in [-0.2, -0.15) is 0 Å². The molecule has 41 heavy (non-hydrogen) atoms. The van der Waals surface area contributed by atoms with Gasteiger partial charge in [0.05, 0.1) is 36.5 Å². The van der Waals surface area contributed by atoms with Crippen LogP contribution in [-0.4, -0.2) is 78.9 Å². The summed E-state index contributed by atoms with van der Waals surface area (Å²) in [5, 5.41) is 0. The minimum absolute atomic E-state index is 0.194. The van der Waals surface area contributed by atoms with Crippen LogP contribution in [0.3, 0.4) is 0 Å². The first-order valence-corrected chi connectivity index (χ1v) is 15.0. The molecule has 0 radical (unpaired) electrons. The largest absolute Gasteiger partial charge is 0.495 e. The molecule has 0 unspecified atom stereocenters. The number of nitrogens with zero attached hydrogens (tertiary/aromatic N) is 6. The van der Waals surface area contributed by atoms with E-state index in [4.69, 9.17) is 9.72 Å². The summed E-state index contributed by atoms with van der Waals surface area (Å²) >= 11 is 0. The zero-order valence-electron chi connectivity index (χ0n) is 23.4. The third kappa shape index (κ3) is 5.82. The van der Waals surface area contributed by atoms with Crippen molar-refractivity contribution < 1.29 is 21.9 Å². The molecule has 5 rings (SSSR count). The van der Waals surface area contributed by atoms with Crippen LogP contribution in [0.15, 0.2) is 43.0 Å². The molecule has 0 amide bonds. The molecule has 1 aromatic carbocycles. The van der Waals surface area contributed by atoms with Gasteiger partial charge < -0.3 is 19.1 Å². The number of ether oxygens (including phenoxy) is 1. The summed E-state index contributed by atoms with van der Waals surface area (Å²) in [6, 6.07) is 4.11. The Bertz CT molecular complexity index is 1670. The van der Waals surface area contributed by atoms with Gasteiger partial charge in [0.15, 0.2) is 5.82 Å². The summed E-state index contributed by atoms with van der Waals surface area (Å²) in [4.78, 5) is 18.0. The number of nitrogens with one attached hydrogen (secondary N) is 1. The average molecular weight is 586 g/mol.